The maximum atomic E-state index is 3.96. The van der Waals surface area contributed by atoms with Crippen molar-refractivity contribution < 1.29 is 0 Å². The molecule has 25 heavy (non-hydrogen) atoms. The Morgan fingerprint density at radius 3 is 2.68 bits per heavy atom. The van der Waals surface area contributed by atoms with Crippen molar-refractivity contribution in [1.29, 1.82) is 0 Å². The van der Waals surface area contributed by atoms with E-state index in [4.69, 9.17) is 0 Å². The van der Waals surface area contributed by atoms with Crippen LogP contribution in [-0.2, 0) is 12.8 Å². The van der Waals surface area contributed by atoms with Crippen LogP contribution in [0.25, 0.3) is 6.08 Å². The van der Waals surface area contributed by atoms with Gasteiger partial charge in [-0.1, -0.05) is 77.3 Å². The Labute approximate surface area is 156 Å². The van der Waals surface area contributed by atoms with Crippen LogP contribution in [0.4, 0.5) is 0 Å². The molecule has 0 saturated heterocycles. The summed E-state index contributed by atoms with van der Waals surface area (Å²) in [5.41, 5.74) is 4.26. The molecule has 0 bridgehead atoms. The Kier molecular flexibility index (Phi) is 8.75. The fourth-order valence-electron chi connectivity index (χ4n) is 4.49. The van der Waals surface area contributed by atoms with Gasteiger partial charge in [0.25, 0.3) is 0 Å². The van der Waals surface area contributed by atoms with Gasteiger partial charge in [-0.25, -0.2) is 0 Å². The molecule has 140 valence electrons. The lowest BCUT2D eigenvalue weighted by Crippen LogP contribution is -2.41. The van der Waals surface area contributed by atoms with Gasteiger partial charge in [0.2, 0.25) is 0 Å². The number of rotatable bonds is 10. The summed E-state index contributed by atoms with van der Waals surface area (Å²) in [6.45, 7) is 12.1. The van der Waals surface area contributed by atoms with E-state index in [0.717, 1.165) is 18.3 Å². The number of hydrogen-bond donors (Lipinski definition) is 1. The van der Waals surface area contributed by atoms with Crippen molar-refractivity contribution in [2.75, 3.05) is 6.54 Å². The van der Waals surface area contributed by atoms with E-state index < -0.39 is 0 Å². The molecule has 1 aromatic rings. The second kappa shape index (κ2) is 10.8. The summed E-state index contributed by atoms with van der Waals surface area (Å²) in [4.78, 5) is 0. The van der Waals surface area contributed by atoms with E-state index in [2.05, 4.69) is 50.9 Å². The molecule has 1 aliphatic rings. The van der Waals surface area contributed by atoms with Gasteiger partial charge in [0.1, 0.15) is 0 Å². The number of benzene rings is 1. The Hall–Kier alpha value is -1.08. The molecule has 1 aliphatic carbocycles. The molecule has 0 radical (unpaired) electrons. The summed E-state index contributed by atoms with van der Waals surface area (Å²) in [6.07, 6.45) is 13.8. The highest BCUT2D eigenvalue weighted by Crippen LogP contribution is 2.29. The Morgan fingerprint density at radius 1 is 1.20 bits per heavy atom. The molecule has 1 nitrogen and oxygen atoms in total. The van der Waals surface area contributed by atoms with E-state index in [0.29, 0.717) is 6.04 Å². The van der Waals surface area contributed by atoms with E-state index in [1.54, 1.807) is 0 Å². The molecule has 0 aliphatic heterocycles. The first-order valence-corrected chi connectivity index (χ1v) is 10.7. The van der Waals surface area contributed by atoms with Crippen LogP contribution in [0.5, 0.6) is 0 Å². The first-order chi connectivity index (χ1) is 12.2. The SMILES string of the molecule is C=Cc1ccc(CC2CCCCC2NCC(CC)CCC)cc1CC. The third-order valence-corrected chi connectivity index (χ3v) is 6.16. The zero-order valence-electron chi connectivity index (χ0n) is 16.8. The molecule has 3 atom stereocenters. The maximum absolute atomic E-state index is 3.96. The predicted molar refractivity (Wildman–Crippen MR) is 112 cm³/mol. The van der Waals surface area contributed by atoms with Crippen LogP contribution in [0.15, 0.2) is 24.8 Å². The highest BCUT2D eigenvalue weighted by atomic mass is 14.9. The molecule has 1 heteroatoms. The van der Waals surface area contributed by atoms with Gasteiger partial charge in [-0.15, -0.1) is 0 Å². The van der Waals surface area contributed by atoms with Gasteiger partial charge in [-0.3, -0.25) is 0 Å². The standard InChI is InChI=1S/C24H39N/c1-5-11-19(6-2)18-25-24-13-10-9-12-23(24)17-20-14-15-21(7-3)22(8-4)16-20/h7,14-16,19,23-25H,3,5-6,8-13,17-18H2,1-2,4H3. The lowest BCUT2D eigenvalue weighted by Gasteiger charge is -2.34. The smallest absolute Gasteiger partial charge is 0.00986 e. The van der Waals surface area contributed by atoms with E-state index in [1.165, 1.54) is 74.6 Å². The lowest BCUT2D eigenvalue weighted by atomic mass is 9.80. The van der Waals surface area contributed by atoms with Gasteiger partial charge >= 0.3 is 0 Å². The molecule has 2 rings (SSSR count). The number of hydrogen-bond acceptors (Lipinski definition) is 1. The van der Waals surface area contributed by atoms with E-state index in [-0.39, 0.29) is 0 Å². The fraction of sp³-hybridized carbons (Fsp3) is 0.667. The fourth-order valence-corrected chi connectivity index (χ4v) is 4.49. The predicted octanol–water partition coefficient (Wildman–Crippen LogP) is 6.41. The Balaban J connectivity index is 1.99. The Morgan fingerprint density at radius 2 is 2.00 bits per heavy atom. The lowest BCUT2D eigenvalue weighted by molar-refractivity contribution is 0.246. The first kappa shape index (κ1) is 20.2. The summed E-state index contributed by atoms with van der Waals surface area (Å²) < 4.78 is 0. The summed E-state index contributed by atoms with van der Waals surface area (Å²) in [5.74, 6) is 1.65. The quantitative estimate of drug-likeness (QED) is 0.518. The van der Waals surface area contributed by atoms with Crippen molar-refractivity contribution in [1.82, 2.24) is 5.32 Å². The van der Waals surface area contributed by atoms with Crippen LogP contribution in [0.1, 0.15) is 82.4 Å². The minimum absolute atomic E-state index is 0.712. The van der Waals surface area contributed by atoms with Crippen LogP contribution >= 0.6 is 0 Å². The topological polar surface area (TPSA) is 12.0 Å². The molecule has 3 unspecified atom stereocenters. The molecule has 0 heterocycles. The van der Waals surface area contributed by atoms with Crippen LogP contribution < -0.4 is 5.32 Å². The van der Waals surface area contributed by atoms with Gasteiger partial charge in [0, 0.05) is 6.04 Å². The van der Waals surface area contributed by atoms with E-state index in [9.17, 15) is 0 Å². The van der Waals surface area contributed by atoms with Gasteiger partial charge in [-0.2, -0.15) is 0 Å². The van der Waals surface area contributed by atoms with Crippen molar-refractivity contribution in [2.24, 2.45) is 11.8 Å². The van der Waals surface area contributed by atoms with Crippen LogP contribution in [0, 0.1) is 11.8 Å². The summed E-state index contributed by atoms with van der Waals surface area (Å²) in [7, 11) is 0. The summed E-state index contributed by atoms with van der Waals surface area (Å²) in [5, 5.41) is 3.96. The minimum Gasteiger partial charge on any atom is -0.313 e. The summed E-state index contributed by atoms with van der Waals surface area (Å²) in [6, 6.07) is 7.73. The highest BCUT2D eigenvalue weighted by molar-refractivity contribution is 5.53. The molecule has 0 spiro atoms. The van der Waals surface area contributed by atoms with Crippen LogP contribution in [0.3, 0.4) is 0 Å². The third-order valence-electron chi connectivity index (χ3n) is 6.16. The van der Waals surface area contributed by atoms with Crippen molar-refractivity contribution in [3.8, 4) is 0 Å². The summed E-state index contributed by atoms with van der Waals surface area (Å²) >= 11 is 0. The van der Waals surface area contributed by atoms with Gasteiger partial charge < -0.3 is 5.32 Å². The van der Waals surface area contributed by atoms with Crippen LogP contribution in [-0.4, -0.2) is 12.6 Å². The Bertz CT molecular complexity index is 519. The molecule has 1 saturated carbocycles. The molecular weight excluding hydrogens is 302 g/mol. The largest absolute Gasteiger partial charge is 0.313 e. The van der Waals surface area contributed by atoms with Crippen molar-refractivity contribution in [2.45, 2.75) is 84.6 Å². The molecular formula is C24H39N. The molecule has 1 aromatic carbocycles. The third kappa shape index (κ3) is 5.99. The van der Waals surface area contributed by atoms with E-state index >= 15 is 0 Å². The monoisotopic (exact) mass is 341 g/mol. The zero-order valence-corrected chi connectivity index (χ0v) is 16.8. The molecule has 1 N–H and O–H groups in total. The maximum Gasteiger partial charge on any atom is 0.00986 e. The second-order valence-electron chi connectivity index (χ2n) is 7.92. The van der Waals surface area contributed by atoms with Crippen molar-refractivity contribution in [3.63, 3.8) is 0 Å². The van der Waals surface area contributed by atoms with Gasteiger partial charge in [0.05, 0.1) is 0 Å². The number of aryl methyl sites for hydroxylation is 1. The molecule has 0 aromatic heterocycles. The zero-order chi connectivity index (χ0) is 18.1. The first-order valence-electron chi connectivity index (χ1n) is 10.7. The average Bonchev–Trinajstić information content (AvgIpc) is 2.66. The van der Waals surface area contributed by atoms with Crippen LogP contribution in [0.2, 0.25) is 0 Å². The minimum atomic E-state index is 0.712. The van der Waals surface area contributed by atoms with Gasteiger partial charge in [0.15, 0.2) is 0 Å². The molecule has 1 fully saturated rings. The normalized spacial score (nSPS) is 21.9. The number of nitrogens with one attached hydrogen (secondary N) is 1. The molecule has 0 amide bonds. The van der Waals surface area contributed by atoms with Crippen molar-refractivity contribution >= 4 is 6.08 Å². The van der Waals surface area contributed by atoms with Crippen molar-refractivity contribution in [3.05, 3.63) is 41.5 Å². The van der Waals surface area contributed by atoms with E-state index in [1.807, 2.05) is 6.08 Å². The average molecular weight is 342 g/mol. The van der Waals surface area contributed by atoms with Gasteiger partial charge in [-0.05, 0) is 67.2 Å². The highest BCUT2D eigenvalue weighted by Gasteiger charge is 2.25. The second-order valence-corrected chi connectivity index (χ2v) is 7.92.